The second-order valence-electron chi connectivity index (χ2n) is 10.5. The molecule has 1 aliphatic heterocycles. The molecule has 0 spiro atoms. The maximum Gasteiger partial charge on any atom is 0.393 e. The predicted octanol–water partition coefficient (Wildman–Crippen LogP) is 4.72. The second-order valence-corrected chi connectivity index (χ2v) is 10.5. The molecule has 204 valence electrons. The number of halogens is 4. The number of nitrogens with zero attached hydrogens (tertiary/aromatic N) is 3. The number of fused-ring (bicyclic) bond motifs is 1. The molecule has 1 fully saturated rings. The molecular formula is C27H31F4N5O2. The van der Waals surface area contributed by atoms with Crippen LogP contribution in [0.3, 0.4) is 0 Å². The van der Waals surface area contributed by atoms with Gasteiger partial charge in [-0.05, 0) is 46.2 Å². The summed E-state index contributed by atoms with van der Waals surface area (Å²) in [6.07, 6.45) is -3.25. The molecule has 2 aromatic heterocycles. The van der Waals surface area contributed by atoms with Gasteiger partial charge in [0, 0.05) is 30.2 Å². The number of alkyl halides is 4. The van der Waals surface area contributed by atoms with E-state index >= 15 is 0 Å². The van der Waals surface area contributed by atoms with Crippen molar-refractivity contribution in [1.82, 2.24) is 20.0 Å². The van der Waals surface area contributed by atoms with Crippen molar-refractivity contribution >= 4 is 22.6 Å². The molecule has 3 heterocycles. The molecule has 11 heteroatoms. The number of hydrogen-bond donors (Lipinski definition) is 2. The van der Waals surface area contributed by atoms with Crippen molar-refractivity contribution in [3.63, 3.8) is 0 Å². The molecule has 0 bridgehead atoms. The van der Waals surface area contributed by atoms with E-state index in [1.54, 1.807) is 23.0 Å². The summed E-state index contributed by atoms with van der Waals surface area (Å²) in [5, 5.41) is 10.2. The molecule has 4 rings (SSSR count). The lowest BCUT2D eigenvalue weighted by Crippen LogP contribution is -2.46. The van der Waals surface area contributed by atoms with Crippen LogP contribution in [0.1, 0.15) is 48.9 Å². The van der Waals surface area contributed by atoms with E-state index in [1.165, 1.54) is 12.3 Å². The van der Waals surface area contributed by atoms with Crippen LogP contribution >= 0.6 is 0 Å². The van der Waals surface area contributed by atoms with E-state index in [9.17, 15) is 22.4 Å². The van der Waals surface area contributed by atoms with Gasteiger partial charge >= 0.3 is 6.18 Å². The van der Waals surface area contributed by atoms with Crippen molar-refractivity contribution in [2.45, 2.75) is 57.5 Å². The van der Waals surface area contributed by atoms with Crippen molar-refractivity contribution in [3.8, 4) is 11.8 Å². The number of para-hydroxylation sites is 1. The minimum absolute atomic E-state index is 0.0957. The molecule has 1 aromatic carbocycles. The highest BCUT2D eigenvalue weighted by atomic mass is 19.4. The predicted molar refractivity (Wildman–Crippen MR) is 137 cm³/mol. The van der Waals surface area contributed by atoms with Gasteiger partial charge in [-0.1, -0.05) is 18.1 Å². The molecule has 1 saturated heterocycles. The first-order valence-corrected chi connectivity index (χ1v) is 12.3. The van der Waals surface area contributed by atoms with E-state index in [2.05, 4.69) is 27.6 Å². The summed E-state index contributed by atoms with van der Waals surface area (Å²) in [4.78, 5) is 14.3. The number of piperidine rings is 1. The van der Waals surface area contributed by atoms with Crippen molar-refractivity contribution in [1.29, 1.82) is 0 Å². The minimum Gasteiger partial charge on any atom is -0.445 e. The summed E-state index contributed by atoms with van der Waals surface area (Å²) in [5.74, 6) is 4.79. The summed E-state index contributed by atoms with van der Waals surface area (Å²) < 4.78 is 62.4. The third kappa shape index (κ3) is 6.48. The Balaban J connectivity index is 1.55. The maximum atomic E-state index is 14.6. The molecule has 38 heavy (non-hydrogen) atoms. The zero-order chi connectivity index (χ0) is 27.7. The van der Waals surface area contributed by atoms with Gasteiger partial charge in [0.25, 0.3) is 5.91 Å². The summed E-state index contributed by atoms with van der Waals surface area (Å²) in [6.45, 7) is 6.71. The van der Waals surface area contributed by atoms with Gasteiger partial charge < -0.3 is 20.0 Å². The highest BCUT2D eigenvalue weighted by Crippen LogP contribution is 2.36. The quantitative estimate of drug-likeness (QED) is 0.367. The molecule has 1 aliphatic rings. The number of nitrogens with one attached hydrogen (secondary N) is 2. The fraction of sp³-hybridized carbons (Fsp3) is 0.481. The molecule has 7 nitrogen and oxygen atoms in total. The minimum atomic E-state index is -4.49. The lowest BCUT2D eigenvalue weighted by Gasteiger charge is -2.33. The normalized spacial score (nSPS) is 18.7. The first-order chi connectivity index (χ1) is 17.8. The lowest BCUT2D eigenvalue weighted by atomic mass is 10.0. The molecule has 0 saturated carbocycles. The number of aromatic nitrogens is 2. The molecular weight excluding hydrogens is 502 g/mol. The third-order valence-corrected chi connectivity index (χ3v) is 6.35. The van der Waals surface area contributed by atoms with Crippen molar-refractivity contribution in [2.75, 3.05) is 32.0 Å². The Bertz CT molecular complexity index is 1360. The Morgan fingerprint density at radius 2 is 2.03 bits per heavy atom. The van der Waals surface area contributed by atoms with Crippen LogP contribution in [0.4, 0.5) is 23.2 Å². The van der Waals surface area contributed by atoms with Gasteiger partial charge in [-0.3, -0.25) is 9.48 Å². The number of amides is 1. The van der Waals surface area contributed by atoms with Crippen molar-refractivity contribution < 1.29 is 26.8 Å². The standard InChI is InChI=1S/C27H31F4N5O2/c1-26(2,3)36-15-17(14-33-36)25(37)32-11-6-9-23-19(13-27(29,30)31)18-7-5-8-22(24(18)38-23)34-21-10-12-35(4)16-20(21)28/h5,7-8,14-15,20-21,34H,10-13,16H2,1-4H3,(H,32,37)/t20-,21+/m0/s1. The van der Waals surface area contributed by atoms with Gasteiger partial charge in [0.05, 0.1) is 42.0 Å². The smallest absolute Gasteiger partial charge is 0.393 e. The average molecular weight is 534 g/mol. The number of hydrogen-bond acceptors (Lipinski definition) is 5. The number of rotatable bonds is 5. The number of anilines is 1. The van der Waals surface area contributed by atoms with Crippen molar-refractivity contribution in [2.24, 2.45) is 0 Å². The molecule has 3 aromatic rings. The first-order valence-electron chi connectivity index (χ1n) is 12.3. The van der Waals surface area contributed by atoms with E-state index in [-0.39, 0.29) is 40.9 Å². The maximum absolute atomic E-state index is 14.6. The number of carbonyl (C=O) groups excluding carboxylic acids is 1. The second kappa shape index (κ2) is 10.7. The largest absolute Gasteiger partial charge is 0.445 e. The molecule has 2 atom stereocenters. The Morgan fingerprint density at radius 1 is 1.26 bits per heavy atom. The monoisotopic (exact) mass is 533 g/mol. The molecule has 0 unspecified atom stereocenters. The van der Waals surface area contributed by atoms with E-state index in [0.717, 1.165) is 0 Å². The van der Waals surface area contributed by atoms with Crippen LogP contribution in [-0.4, -0.2) is 65.7 Å². The first kappa shape index (κ1) is 27.5. The topological polar surface area (TPSA) is 75.3 Å². The Labute approximate surface area is 218 Å². The Kier molecular flexibility index (Phi) is 7.74. The molecule has 2 N–H and O–H groups in total. The molecule has 0 aliphatic carbocycles. The zero-order valence-corrected chi connectivity index (χ0v) is 21.7. The number of likely N-dealkylation sites (tertiary alicyclic amines) is 1. The van der Waals surface area contributed by atoms with Crippen molar-refractivity contribution in [3.05, 3.63) is 47.5 Å². The number of furan rings is 1. The van der Waals surface area contributed by atoms with Crippen LogP contribution in [0.2, 0.25) is 0 Å². The summed E-state index contributed by atoms with van der Waals surface area (Å²) >= 11 is 0. The third-order valence-electron chi connectivity index (χ3n) is 6.35. The van der Waals surface area contributed by atoms with Gasteiger partial charge in [0.15, 0.2) is 11.3 Å². The van der Waals surface area contributed by atoms with E-state index in [0.29, 0.717) is 24.2 Å². The van der Waals surface area contributed by atoms with Gasteiger partial charge in [-0.2, -0.15) is 18.3 Å². The summed E-state index contributed by atoms with van der Waals surface area (Å²) in [5.41, 5.74) is 0.572. The summed E-state index contributed by atoms with van der Waals surface area (Å²) in [6, 6.07) is 4.31. The average Bonchev–Trinajstić information content (AvgIpc) is 3.44. The van der Waals surface area contributed by atoms with Crippen LogP contribution in [0.15, 0.2) is 35.0 Å². The van der Waals surface area contributed by atoms with Crippen LogP contribution in [0, 0.1) is 11.8 Å². The van der Waals surface area contributed by atoms with E-state index in [1.807, 2.05) is 32.7 Å². The number of carbonyl (C=O) groups is 1. The van der Waals surface area contributed by atoms with Crippen LogP contribution in [-0.2, 0) is 12.0 Å². The highest BCUT2D eigenvalue weighted by molar-refractivity contribution is 5.94. The lowest BCUT2D eigenvalue weighted by molar-refractivity contribution is -0.127. The van der Waals surface area contributed by atoms with Gasteiger partial charge in [0.1, 0.15) is 6.17 Å². The van der Waals surface area contributed by atoms with E-state index < -0.39 is 30.7 Å². The molecule has 1 amide bonds. The zero-order valence-electron chi connectivity index (χ0n) is 21.7. The fourth-order valence-electron chi connectivity index (χ4n) is 4.34. The SMILES string of the molecule is CN1CC[C@@H](Nc2cccc3c(CC(F)(F)F)c(C#CCNC(=O)c4cnn(C(C)(C)C)c4)oc23)[C@@H](F)C1. The van der Waals surface area contributed by atoms with Crippen LogP contribution in [0.5, 0.6) is 0 Å². The highest BCUT2D eigenvalue weighted by Gasteiger charge is 2.33. The van der Waals surface area contributed by atoms with Gasteiger partial charge in [-0.25, -0.2) is 4.39 Å². The Morgan fingerprint density at radius 3 is 2.68 bits per heavy atom. The molecule has 0 radical (unpaired) electrons. The number of benzene rings is 1. The Hall–Kier alpha value is -3.52. The fourth-order valence-corrected chi connectivity index (χ4v) is 4.34. The van der Waals surface area contributed by atoms with Gasteiger partial charge in [0.2, 0.25) is 0 Å². The van der Waals surface area contributed by atoms with Gasteiger partial charge in [-0.15, -0.1) is 0 Å². The van der Waals surface area contributed by atoms with E-state index in [4.69, 9.17) is 4.42 Å². The van der Waals surface area contributed by atoms with Crippen LogP contribution in [0.25, 0.3) is 11.0 Å². The summed E-state index contributed by atoms with van der Waals surface area (Å²) in [7, 11) is 1.84. The van der Waals surface area contributed by atoms with Crippen LogP contribution < -0.4 is 10.6 Å².